The van der Waals surface area contributed by atoms with Gasteiger partial charge in [-0.2, -0.15) is 0 Å². The molecule has 2 aromatic heterocycles. The van der Waals surface area contributed by atoms with E-state index in [-0.39, 0.29) is 46.0 Å². The summed E-state index contributed by atoms with van der Waals surface area (Å²) in [6.07, 6.45) is 19.8. The molecular weight excluding hydrogens is 1040 g/mol. The van der Waals surface area contributed by atoms with Gasteiger partial charge in [-0.25, -0.2) is 9.59 Å². The van der Waals surface area contributed by atoms with Crippen molar-refractivity contribution in [2.24, 2.45) is 10.8 Å². The van der Waals surface area contributed by atoms with Crippen LogP contribution in [0.3, 0.4) is 0 Å². The Morgan fingerprint density at radius 3 is 1.07 bits per heavy atom. The standard InChI is InChI=1S/2C33H47NO7/c2*1-32(2,3)29-18-22-17-28(40-16-14-12-10-8-9-11-13-15-30(36)41-33(4,5)6)27(39-7)19-23(22)25-20-26(35)24(31(37)38)21-34(25)29/h2*17,19-21,29H,8-16,18H2,1-7H3,(H,37,38)/t2*29-/m10/s1. The van der Waals surface area contributed by atoms with Gasteiger partial charge in [-0.3, -0.25) is 19.2 Å². The highest BCUT2D eigenvalue weighted by atomic mass is 16.6. The number of carbonyl (C=O) groups excluding carboxylic acids is 2. The zero-order valence-corrected chi connectivity index (χ0v) is 51.6. The first-order chi connectivity index (χ1) is 38.4. The molecule has 2 N–H and O–H groups in total. The second kappa shape index (κ2) is 29.1. The molecule has 2 aromatic carbocycles. The summed E-state index contributed by atoms with van der Waals surface area (Å²) in [7, 11) is 3.19. The lowest BCUT2D eigenvalue weighted by atomic mass is 9.78. The molecule has 452 valence electrons. The molecule has 82 heavy (non-hydrogen) atoms. The molecule has 2 atom stereocenters. The van der Waals surface area contributed by atoms with E-state index >= 15 is 0 Å². The van der Waals surface area contributed by atoms with Crippen molar-refractivity contribution in [1.29, 1.82) is 0 Å². The number of carbonyl (C=O) groups is 4. The number of ether oxygens (including phenoxy) is 6. The Labute approximate surface area is 486 Å². The van der Waals surface area contributed by atoms with Crippen LogP contribution < -0.4 is 29.8 Å². The summed E-state index contributed by atoms with van der Waals surface area (Å²) in [4.78, 5) is 72.2. The van der Waals surface area contributed by atoms with E-state index < -0.39 is 34.0 Å². The molecule has 16 nitrogen and oxygen atoms in total. The van der Waals surface area contributed by atoms with Crippen molar-refractivity contribution in [3.8, 4) is 45.5 Å². The Balaban J connectivity index is 0.000000301. The Bertz CT molecular complexity index is 2760. The van der Waals surface area contributed by atoms with Crippen LogP contribution in [0, 0.1) is 10.8 Å². The third-order valence-corrected chi connectivity index (χ3v) is 14.9. The van der Waals surface area contributed by atoms with Crippen molar-refractivity contribution < 1.29 is 57.8 Å². The minimum absolute atomic E-state index is 0.0333. The van der Waals surface area contributed by atoms with E-state index in [1.54, 1.807) is 14.2 Å². The van der Waals surface area contributed by atoms with Gasteiger partial charge in [0.2, 0.25) is 0 Å². The zero-order chi connectivity index (χ0) is 60.7. The lowest BCUT2D eigenvalue weighted by Crippen LogP contribution is -2.32. The van der Waals surface area contributed by atoms with Crippen LogP contribution in [0.5, 0.6) is 23.0 Å². The minimum Gasteiger partial charge on any atom is -0.493 e. The molecule has 16 heteroatoms. The van der Waals surface area contributed by atoms with E-state index in [9.17, 15) is 39.0 Å². The molecule has 4 heterocycles. The molecule has 0 saturated heterocycles. The fourth-order valence-electron chi connectivity index (χ4n) is 10.7. The lowest BCUT2D eigenvalue weighted by Gasteiger charge is -2.39. The number of rotatable bonds is 26. The predicted molar refractivity (Wildman–Crippen MR) is 320 cm³/mol. The van der Waals surface area contributed by atoms with Gasteiger partial charge in [-0.1, -0.05) is 106 Å². The number of aromatic carboxylic acids is 2. The molecule has 0 amide bonds. The maximum atomic E-state index is 12.6. The number of hydrogen-bond donors (Lipinski definition) is 2. The van der Waals surface area contributed by atoms with E-state index in [1.807, 2.05) is 74.9 Å². The van der Waals surface area contributed by atoms with E-state index in [0.29, 0.717) is 73.3 Å². The van der Waals surface area contributed by atoms with Crippen LogP contribution >= 0.6 is 0 Å². The fraction of sp³-hybridized carbons (Fsp3) is 0.606. The van der Waals surface area contributed by atoms with Crippen molar-refractivity contribution in [2.45, 2.75) is 222 Å². The molecule has 6 rings (SSSR count). The first-order valence-electron chi connectivity index (χ1n) is 29.5. The van der Waals surface area contributed by atoms with Gasteiger partial charge >= 0.3 is 23.9 Å². The van der Waals surface area contributed by atoms with Crippen molar-refractivity contribution >= 4 is 23.9 Å². The molecular formula is C66H94N2O14. The SMILES string of the molecule is COc1cc2c(cc1OCCCCCCCCCC(=O)OC(C)(C)C)C[C@@H](C(C)(C)C)n1cc(C(=O)O)c(=O)cc1-2.COc1cc2c(cc1OCCCCCCCCCC(=O)OC(C)(C)C)C[C@H](C(C)(C)C)n1cc(C(=O)O)c(=O)cc1-2. The number of fused-ring (bicyclic) bond motifs is 6. The molecule has 0 unspecified atom stereocenters. The molecule has 0 saturated carbocycles. The van der Waals surface area contributed by atoms with Gasteiger partial charge in [-0.05, 0) is 126 Å². The molecule has 0 aliphatic carbocycles. The van der Waals surface area contributed by atoms with Crippen molar-refractivity contribution in [1.82, 2.24) is 9.13 Å². The van der Waals surface area contributed by atoms with Crippen LogP contribution in [-0.2, 0) is 31.9 Å². The third kappa shape index (κ3) is 19.3. The van der Waals surface area contributed by atoms with Crippen LogP contribution in [0.1, 0.15) is 230 Å². The highest BCUT2D eigenvalue weighted by Gasteiger charge is 2.36. The monoisotopic (exact) mass is 1140 g/mol. The Morgan fingerprint density at radius 1 is 0.463 bits per heavy atom. The van der Waals surface area contributed by atoms with E-state index in [0.717, 1.165) is 112 Å². The van der Waals surface area contributed by atoms with E-state index in [1.165, 1.54) is 24.5 Å². The lowest BCUT2D eigenvalue weighted by molar-refractivity contribution is -0.156. The maximum Gasteiger partial charge on any atom is 0.341 e. The summed E-state index contributed by atoms with van der Waals surface area (Å²) in [5, 5.41) is 19.1. The summed E-state index contributed by atoms with van der Waals surface area (Å²) >= 11 is 0. The number of methoxy groups -OCH3 is 2. The zero-order valence-electron chi connectivity index (χ0n) is 51.6. The Kier molecular flexibility index (Phi) is 23.5. The first kappa shape index (κ1) is 66.2. The van der Waals surface area contributed by atoms with Gasteiger partial charge < -0.3 is 47.8 Å². The molecule has 0 fully saturated rings. The molecule has 2 aliphatic heterocycles. The number of pyridine rings is 2. The quantitative estimate of drug-likeness (QED) is 0.0443. The third-order valence-electron chi connectivity index (χ3n) is 14.9. The average molecular weight is 1140 g/mol. The van der Waals surface area contributed by atoms with E-state index in [4.69, 9.17) is 28.4 Å². The number of unbranched alkanes of at least 4 members (excludes halogenated alkanes) is 12. The summed E-state index contributed by atoms with van der Waals surface area (Å²) < 4.78 is 38.2. The summed E-state index contributed by atoms with van der Waals surface area (Å²) in [6, 6.07) is 10.6. The van der Waals surface area contributed by atoms with Crippen molar-refractivity contribution in [2.75, 3.05) is 27.4 Å². The number of carboxylic acid groups (broad SMARTS) is 2. The van der Waals surface area contributed by atoms with Crippen LogP contribution in [0.2, 0.25) is 0 Å². The second-order valence-corrected chi connectivity index (χ2v) is 26.1. The number of esters is 2. The largest absolute Gasteiger partial charge is 0.493 e. The van der Waals surface area contributed by atoms with Gasteiger partial charge in [0.15, 0.2) is 33.9 Å². The van der Waals surface area contributed by atoms with Gasteiger partial charge in [-0.15, -0.1) is 0 Å². The van der Waals surface area contributed by atoms with Gasteiger partial charge in [0.1, 0.15) is 22.3 Å². The van der Waals surface area contributed by atoms with E-state index in [2.05, 4.69) is 41.5 Å². The van der Waals surface area contributed by atoms with Crippen molar-refractivity contribution in [3.63, 3.8) is 0 Å². The van der Waals surface area contributed by atoms with Crippen molar-refractivity contribution in [3.05, 3.63) is 91.5 Å². The highest BCUT2D eigenvalue weighted by molar-refractivity contribution is 5.88. The number of nitrogens with zero attached hydrogens (tertiary/aromatic N) is 2. The summed E-state index contributed by atoms with van der Waals surface area (Å²) in [5.41, 5.74) is 2.55. The molecule has 0 bridgehead atoms. The number of carboxylic acids is 2. The average Bonchev–Trinajstić information content (AvgIpc) is 3.35. The molecule has 2 aliphatic rings. The minimum atomic E-state index is -1.22. The smallest absolute Gasteiger partial charge is 0.341 e. The van der Waals surface area contributed by atoms with Gasteiger partial charge in [0.25, 0.3) is 0 Å². The van der Waals surface area contributed by atoms with Crippen LogP contribution in [0.25, 0.3) is 22.5 Å². The highest BCUT2D eigenvalue weighted by Crippen LogP contribution is 2.47. The van der Waals surface area contributed by atoms with Crippen LogP contribution in [0.4, 0.5) is 0 Å². The summed E-state index contributed by atoms with van der Waals surface area (Å²) in [6.45, 7) is 25.2. The topological polar surface area (TPSA) is 208 Å². The predicted octanol–water partition coefficient (Wildman–Crippen LogP) is 14.4. The molecule has 4 aromatic rings. The Hall–Kier alpha value is -6.58. The normalized spacial score (nSPS) is 14.7. The number of aromatic nitrogens is 2. The maximum absolute atomic E-state index is 12.6. The molecule has 0 radical (unpaired) electrons. The number of benzene rings is 2. The summed E-state index contributed by atoms with van der Waals surface area (Å²) in [5.74, 6) is -0.142. The van der Waals surface area contributed by atoms with Crippen LogP contribution in [0.15, 0.2) is 58.4 Å². The fourth-order valence-corrected chi connectivity index (χ4v) is 10.7. The van der Waals surface area contributed by atoms with Gasteiger partial charge in [0.05, 0.1) is 38.8 Å². The van der Waals surface area contributed by atoms with Gasteiger partial charge in [0, 0.05) is 60.6 Å². The molecule has 0 spiro atoms. The van der Waals surface area contributed by atoms with Crippen LogP contribution in [-0.4, -0.2) is 81.9 Å². The first-order valence-corrected chi connectivity index (χ1v) is 29.5. The second-order valence-electron chi connectivity index (χ2n) is 26.1. The number of hydrogen-bond acceptors (Lipinski definition) is 12. The Morgan fingerprint density at radius 2 is 0.780 bits per heavy atom.